The highest BCUT2D eigenvalue weighted by Crippen LogP contribution is 2.28. The van der Waals surface area contributed by atoms with Crippen LogP contribution in [-0.2, 0) is 4.79 Å². The molecule has 6 heteroatoms. The van der Waals surface area contributed by atoms with Gasteiger partial charge in [0.1, 0.15) is 0 Å². The number of amides is 2. The molecule has 2 aromatic carbocycles. The average molecular weight is 325 g/mol. The van der Waals surface area contributed by atoms with E-state index in [9.17, 15) is 9.59 Å². The third-order valence-corrected chi connectivity index (χ3v) is 4.14. The van der Waals surface area contributed by atoms with Crippen LogP contribution in [0.5, 0.6) is 0 Å². The molecule has 0 aliphatic heterocycles. The van der Waals surface area contributed by atoms with Crippen molar-refractivity contribution in [2.75, 3.05) is 10.6 Å². The Balaban J connectivity index is 1.82. The van der Waals surface area contributed by atoms with Gasteiger partial charge in [0.2, 0.25) is 5.91 Å². The van der Waals surface area contributed by atoms with Crippen LogP contribution < -0.4 is 10.6 Å². The predicted octanol–water partition coefficient (Wildman–Crippen LogP) is 3.82. The number of rotatable bonds is 3. The second kappa shape index (κ2) is 6.18. The number of carbonyl (C=O) groups excluding carboxylic acids is 2. The zero-order valence-electron chi connectivity index (χ0n) is 12.7. The van der Waals surface area contributed by atoms with Crippen molar-refractivity contribution < 1.29 is 9.59 Å². The zero-order chi connectivity index (χ0) is 16.4. The van der Waals surface area contributed by atoms with E-state index >= 15 is 0 Å². The number of nitrogens with one attached hydrogen (secondary N) is 2. The molecule has 2 amide bonds. The number of carbonyl (C=O) groups is 2. The minimum atomic E-state index is -0.156. The summed E-state index contributed by atoms with van der Waals surface area (Å²) in [5.74, 6) is -0.309. The van der Waals surface area contributed by atoms with Gasteiger partial charge < -0.3 is 10.6 Å². The normalized spacial score (nSPS) is 10.5. The largest absolute Gasteiger partial charge is 0.322 e. The number of aryl methyl sites for hydroxylation is 1. The van der Waals surface area contributed by atoms with Gasteiger partial charge in [0.15, 0.2) is 5.13 Å². The molecule has 1 heterocycles. The Kier molecular flexibility index (Phi) is 4.08. The van der Waals surface area contributed by atoms with E-state index in [2.05, 4.69) is 15.6 Å². The van der Waals surface area contributed by atoms with Crippen molar-refractivity contribution in [1.82, 2.24) is 4.98 Å². The summed E-state index contributed by atoms with van der Waals surface area (Å²) in [4.78, 5) is 27.7. The van der Waals surface area contributed by atoms with Gasteiger partial charge in [-0.05, 0) is 37.3 Å². The van der Waals surface area contributed by atoms with Crippen LogP contribution in [0, 0.1) is 6.92 Å². The number of thiazole rings is 1. The molecule has 0 saturated carbocycles. The first kappa shape index (κ1) is 15.2. The molecule has 23 heavy (non-hydrogen) atoms. The fraction of sp³-hybridized carbons (Fsp3) is 0.118. The molecule has 0 spiro atoms. The quantitative estimate of drug-likeness (QED) is 0.769. The molecule has 0 radical (unpaired) electrons. The van der Waals surface area contributed by atoms with Gasteiger partial charge in [-0.1, -0.05) is 29.0 Å². The predicted molar refractivity (Wildman–Crippen MR) is 93.1 cm³/mol. The van der Waals surface area contributed by atoms with Gasteiger partial charge in [-0.15, -0.1) is 0 Å². The van der Waals surface area contributed by atoms with Crippen molar-refractivity contribution in [2.45, 2.75) is 13.8 Å². The summed E-state index contributed by atoms with van der Waals surface area (Å²) in [6.07, 6.45) is 0. The van der Waals surface area contributed by atoms with E-state index in [0.717, 1.165) is 15.8 Å². The van der Waals surface area contributed by atoms with Crippen LogP contribution in [0.3, 0.4) is 0 Å². The Labute approximate surface area is 137 Å². The van der Waals surface area contributed by atoms with Crippen LogP contribution in [0.25, 0.3) is 10.2 Å². The summed E-state index contributed by atoms with van der Waals surface area (Å²) in [6.45, 7) is 3.39. The minimum absolute atomic E-state index is 0.153. The van der Waals surface area contributed by atoms with Crippen LogP contribution in [0.2, 0.25) is 0 Å². The molecule has 0 atom stereocenters. The molecular weight excluding hydrogens is 310 g/mol. The SMILES string of the molecule is CC(=O)Nc1nc2ccc(NC(=O)c3cccc(C)c3)cc2s1. The highest BCUT2D eigenvalue weighted by Gasteiger charge is 2.09. The summed E-state index contributed by atoms with van der Waals surface area (Å²) >= 11 is 1.37. The van der Waals surface area contributed by atoms with Crippen molar-refractivity contribution >= 4 is 44.2 Å². The van der Waals surface area contributed by atoms with Gasteiger partial charge in [0.05, 0.1) is 10.2 Å². The maximum atomic E-state index is 12.3. The molecule has 0 fully saturated rings. The van der Waals surface area contributed by atoms with Crippen LogP contribution in [0.4, 0.5) is 10.8 Å². The van der Waals surface area contributed by atoms with Crippen molar-refractivity contribution in [3.63, 3.8) is 0 Å². The summed E-state index contributed by atoms with van der Waals surface area (Å²) < 4.78 is 0.899. The van der Waals surface area contributed by atoms with E-state index in [1.165, 1.54) is 18.3 Å². The summed E-state index contributed by atoms with van der Waals surface area (Å²) in [5.41, 5.74) is 3.14. The Morgan fingerprint density at radius 3 is 2.65 bits per heavy atom. The number of hydrogen-bond acceptors (Lipinski definition) is 4. The number of hydrogen-bond donors (Lipinski definition) is 2. The summed E-state index contributed by atoms with van der Waals surface area (Å²) in [6, 6.07) is 12.9. The van der Waals surface area contributed by atoms with E-state index < -0.39 is 0 Å². The Morgan fingerprint density at radius 1 is 1.09 bits per heavy atom. The van der Waals surface area contributed by atoms with E-state index in [1.807, 2.05) is 37.3 Å². The number of nitrogens with zero attached hydrogens (tertiary/aromatic N) is 1. The lowest BCUT2D eigenvalue weighted by Crippen LogP contribution is -2.11. The highest BCUT2D eigenvalue weighted by atomic mass is 32.1. The lowest BCUT2D eigenvalue weighted by Gasteiger charge is -2.05. The smallest absolute Gasteiger partial charge is 0.255 e. The third kappa shape index (κ3) is 3.54. The van der Waals surface area contributed by atoms with Crippen LogP contribution in [-0.4, -0.2) is 16.8 Å². The molecule has 0 aliphatic rings. The first-order chi connectivity index (χ1) is 11.0. The molecule has 2 N–H and O–H groups in total. The molecule has 116 valence electrons. The first-order valence-electron chi connectivity index (χ1n) is 7.07. The molecule has 0 aliphatic carbocycles. The van der Waals surface area contributed by atoms with Crippen molar-refractivity contribution in [3.05, 3.63) is 53.6 Å². The van der Waals surface area contributed by atoms with Gasteiger partial charge in [-0.2, -0.15) is 0 Å². The van der Waals surface area contributed by atoms with Crippen LogP contribution in [0.1, 0.15) is 22.8 Å². The first-order valence-corrected chi connectivity index (χ1v) is 7.89. The maximum Gasteiger partial charge on any atom is 0.255 e. The van der Waals surface area contributed by atoms with Crippen molar-refractivity contribution in [3.8, 4) is 0 Å². The molecular formula is C17H15N3O2S. The van der Waals surface area contributed by atoms with Crippen LogP contribution >= 0.6 is 11.3 Å². The average Bonchev–Trinajstić information content (AvgIpc) is 2.87. The van der Waals surface area contributed by atoms with Crippen LogP contribution in [0.15, 0.2) is 42.5 Å². The van der Waals surface area contributed by atoms with Crippen molar-refractivity contribution in [1.29, 1.82) is 0 Å². The molecule has 3 rings (SSSR count). The Bertz CT molecular complexity index is 902. The monoisotopic (exact) mass is 325 g/mol. The summed E-state index contributed by atoms with van der Waals surface area (Å²) in [5, 5.41) is 6.10. The minimum Gasteiger partial charge on any atom is -0.322 e. The molecule has 1 aromatic heterocycles. The molecule has 0 bridgehead atoms. The topological polar surface area (TPSA) is 71.1 Å². The van der Waals surface area contributed by atoms with E-state index in [4.69, 9.17) is 0 Å². The van der Waals surface area contributed by atoms with E-state index in [-0.39, 0.29) is 11.8 Å². The standard InChI is InChI=1S/C17H15N3O2S/c1-10-4-3-5-12(8-10)16(22)19-13-6-7-14-15(9-13)23-17(20-14)18-11(2)21/h3-9H,1-2H3,(H,19,22)(H,18,20,21). The molecule has 0 unspecified atom stereocenters. The number of anilines is 2. The fourth-order valence-electron chi connectivity index (χ4n) is 2.20. The molecule has 3 aromatic rings. The van der Waals surface area contributed by atoms with Gasteiger partial charge in [0.25, 0.3) is 5.91 Å². The Hall–Kier alpha value is -2.73. The Morgan fingerprint density at radius 2 is 1.91 bits per heavy atom. The fourth-order valence-corrected chi connectivity index (χ4v) is 3.15. The molecule has 0 saturated heterocycles. The highest BCUT2D eigenvalue weighted by molar-refractivity contribution is 7.22. The second-order valence-electron chi connectivity index (χ2n) is 5.21. The third-order valence-electron chi connectivity index (χ3n) is 3.21. The van der Waals surface area contributed by atoms with E-state index in [0.29, 0.717) is 16.4 Å². The number of aromatic nitrogens is 1. The van der Waals surface area contributed by atoms with E-state index in [1.54, 1.807) is 12.1 Å². The number of fused-ring (bicyclic) bond motifs is 1. The number of benzene rings is 2. The molecule has 5 nitrogen and oxygen atoms in total. The lowest BCUT2D eigenvalue weighted by atomic mass is 10.1. The van der Waals surface area contributed by atoms with Gasteiger partial charge >= 0.3 is 0 Å². The van der Waals surface area contributed by atoms with Gasteiger partial charge in [0, 0.05) is 18.2 Å². The lowest BCUT2D eigenvalue weighted by molar-refractivity contribution is -0.114. The zero-order valence-corrected chi connectivity index (χ0v) is 13.5. The maximum absolute atomic E-state index is 12.3. The van der Waals surface area contributed by atoms with Gasteiger partial charge in [-0.3, -0.25) is 9.59 Å². The summed E-state index contributed by atoms with van der Waals surface area (Å²) in [7, 11) is 0. The second-order valence-corrected chi connectivity index (χ2v) is 6.24. The van der Waals surface area contributed by atoms with Crippen molar-refractivity contribution in [2.24, 2.45) is 0 Å². The van der Waals surface area contributed by atoms with Gasteiger partial charge in [-0.25, -0.2) is 4.98 Å².